The van der Waals surface area contributed by atoms with Crippen LogP contribution in [-0.2, 0) is 0 Å². The Morgan fingerprint density at radius 1 is 1.50 bits per heavy atom. The van der Waals surface area contributed by atoms with Crippen LogP contribution in [-0.4, -0.2) is 11.8 Å². The van der Waals surface area contributed by atoms with Gasteiger partial charge in [0.25, 0.3) is 0 Å². The molecule has 78 valence electrons. The van der Waals surface area contributed by atoms with E-state index >= 15 is 0 Å². The predicted octanol–water partition coefficient (Wildman–Crippen LogP) is 2.96. The van der Waals surface area contributed by atoms with Crippen molar-refractivity contribution in [2.24, 2.45) is 5.73 Å². The molecule has 0 aromatic heterocycles. The van der Waals surface area contributed by atoms with E-state index in [2.05, 4.69) is 6.92 Å². The SMILES string of the molecule is Cc1cc(SC(C)CCN)ccc1F. The maximum absolute atomic E-state index is 13.0. The van der Waals surface area contributed by atoms with E-state index in [9.17, 15) is 4.39 Å². The Kier molecular flexibility index (Phi) is 4.42. The summed E-state index contributed by atoms with van der Waals surface area (Å²) in [4.78, 5) is 1.12. The Labute approximate surface area is 88.9 Å². The summed E-state index contributed by atoms with van der Waals surface area (Å²) in [6, 6.07) is 5.22. The molecule has 2 N–H and O–H groups in total. The smallest absolute Gasteiger partial charge is 0.126 e. The average Bonchev–Trinajstić information content (AvgIpc) is 2.12. The van der Waals surface area contributed by atoms with Crippen LogP contribution in [0.1, 0.15) is 18.9 Å². The van der Waals surface area contributed by atoms with Gasteiger partial charge >= 0.3 is 0 Å². The standard InChI is InChI=1S/C11H16FNS/c1-8-7-10(3-4-11(8)12)14-9(2)5-6-13/h3-4,7,9H,5-6,13H2,1-2H3. The molecule has 0 amide bonds. The van der Waals surface area contributed by atoms with Gasteiger partial charge in [-0.1, -0.05) is 6.92 Å². The van der Waals surface area contributed by atoms with Crippen molar-refractivity contribution in [3.63, 3.8) is 0 Å². The van der Waals surface area contributed by atoms with Crippen molar-refractivity contribution in [3.8, 4) is 0 Å². The molecule has 1 atom stereocenters. The highest BCUT2D eigenvalue weighted by Crippen LogP contribution is 2.26. The number of nitrogens with two attached hydrogens (primary N) is 1. The van der Waals surface area contributed by atoms with Crippen LogP contribution in [0, 0.1) is 12.7 Å². The fourth-order valence-electron chi connectivity index (χ4n) is 1.22. The molecule has 0 aliphatic rings. The van der Waals surface area contributed by atoms with Crippen molar-refractivity contribution in [3.05, 3.63) is 29.6 Å². The van der Waals surface area contributed by atoms with Crippen molar-refractivity contribution in [1.29, 1.82) is 0 Å². The highest BCUT2D eigenvalue weighted by atomic mass is 32.2. The normalized spacial score (nSPS) is 12.9. The first-order valence-electron chi connectivity index (χ1n) is 4.76. The lowest BCUT2D eigenvalue weighted by molar-refractivity contribution is 0.617. The summed E-state index contributed by atoms with van der Waals surface area (Å²) in [6.07, 6.45) is 0.987. The first-order valence-corrected chi connectivity index (χ1v) is 5.64. The van der Waals surface area contributed by atoms with Crippen LogP contribution in [0.3, 0.4) is 0 Å². The lowest BCUT2D eigenvalue weighted by Crippen LogP contribution is -2.06. The first kappa shape index (κ1) is 11.5. The summed E-state index contributed by atoms with van der Waals surface area (Å²) in [5, 5.41) is 0.491. The second-order valence-corrected chi connectivity index (χ2v) is 4.93. The average molecular weight is 213 g/mol. The van der Waals surface area contributed by atoms with Crippen LogP contribution < -0.4 is 5.73 Å². The Bertz CT molecular complexity index is 301. The van der Waals surface area contributed by atoms with Gasteiger partial charge in [0.2, 0.25) is 0 Å². The maximum Gasteiger partial charge on any atom is 0.126 e. The number of rotatable bonds is 4. The van der Waals surface area contributed by atoms with Gasteiger partial charge in [-0.2, -0.15) is 0 Å². The molecule has 1 aromatic carbocycles. The monoisotopic (exact) mass is 213 g/mol. The van der Waals surface area contributed by atoms with Gasteiger partial charge in [0, 0.05) is 10.1 Å². The lowest BCUT2D eigenvalue weighted by Gasteiger charge is -2.10. The minimum absolute atomic E-state index is 0.138. The Hall–Kier alpha value is -0.540. The van der Waals surface area contributed by atoms with Gasteiger partial charge in [-0.05, 0) is 43.7 Å². The van der Waals surface area contributed by atoms with E-state index in [4.69, 9.17) is 5.73 Å². The number of halogens is 1. The highest BCUT2D eigenvalue weighted by Gasteiger charge is 2.04. The largest absolute Gasteiger partial charge is 0.330 e. The molecule has 0 heterocycles. The molecule has 14 heavy (non-hydrogen) atoms. The molecule has 3 heteroatoms. The van der Waals surface area contributed by atoms with E-state index in [1.807, 2.05) is 12.1 Å². The summed E-state index contributed by atoms with van der Waals surface area (Å²) >= 11 is 1.74. The minimum Gasteiger partial charge on any atom is -0.330 e. The highest BCUT2D eigenvalue weighted by molar-refractivity contribution is 7.99. The molecule has 0 bridgehead atoms. The minimum atomic E-state index is -0.138. The zero-order valence-corrected chi connectivity index (χ0v) is 9.40. The van der Waals surface area contributed by atoms with Gasteiger partial charge in [0.1, 0.15) is 5.82 Å². The quantitative estimate of drug-likeness (QED) is 0.778. The number of thioether (sulfide) groups is 1. The second kappa shape index (κ2) is 5.37. The van der Waals surface area contributed by atoms with E-state index in [-0.39, 0.29) is 5.82 Å². The van der Waals surface area contributed by atoms with Crippen molar-refractivity contribution in [2.45, 2.75) is 30.4 Å². The van der Waals surface area contributed by atoms with E-state index in [0.29, 0.717) is 17.4 Å². The molecule has 1 nitrogen and oxygen atoms in total. The fraction of sp³-hybridized carbons (Fsp3) is 0.455. The van der Waals surface area contributed by atoms with Crippen LogP contribution >= 0.6 is 11.8 Å². The summed E-state index contributed by atoms with van der Waals surface area (Å²) in [5.74, 6) is -0.138. The molecule has 0 radical (unpaired) electrons. The molecule has 1 aromatic rings. The third-order valence-electron chi connectivity index (χ3n) is 2.04. The van der Waals surface area contributed by atoms with Gasteiger partial charge in [-0.15, -0.1) is 11.8 Å². The van der Waals surface area contributed by atoms with Gasteiger partial charge in [0.05, 0.1) is 0 Å². The number of hydrogen-bond donors (Lipinski definition) is 1. The maximum atomic E-state index is 13.0. The van der Waals surface area contributed by atoms with Gasteiger partial charge in [-0.25, -0.2) is 4.39 Å². The zero-order chi connectivity index (χ0) is 10.6. The van der Waals surface area contributed by atoms with E-state index in [1.54, 1.807) is 18.7 Å². The molecule has 0 aliphatic carbocycles. The third-order valence-corrected chi connectivity index (χ3v) is 3.20. The van der Waals surface area contributed by atoms with Crippen LogP contribution in [0.25, 0.3) is 0 Å². The topological polar surface area (TPSA) is 26.0 Å². The van der Waals surface area contributed by atoms with Crippen molar-refractivity contribution >= 4 is 11.8 Å². The summed E-state index contributed by atoms with van der Waals surface area (Å²) in [5.41, 5.74) is 6.17. The van der Waals surface area contributed by atoms with Crippen LogP contribution in [0.15, 0.2) is 23.1 Å². The number of hydrogen-bond acceptors (Lipinski definition) is 2. The van der Waals surface area contributed by atoms with Crippen LogP contribution in [0.5, 0.6) is 0 Å². The van der Waals surface area contributed by atoms with Crippen LogP contribution in [0.2, 0.25) is 0 Å². The van der Waals surface area contributed by atoms with Crippen molar-refractivity contribution < 1.29 is 4.39 Å². The first-order chi connectivity index (χ1) is 6.63. The molecule has 0 saturated carbocycles. The molecule has 1 rings (SSSR count). The van der Waals surface area contributed by atoms with E-state index in [1.165, 1.54) is 6.07 Å². The van der Waals surface area contributed by atoms with E-state index < -0.39 is 0 Å². The molecule has 0 aliphatic heterocycles. The molecule has 0 saturated heterocycles. The van der Waals surface area contributed by atoms with Crippen molar-refractivity contribution in [1.82, 2.24) is 0 Å². The lowest BCUT2D eigenvalue weighted by atomic mass is 10.2. The Morgan fingerprint density at radius 3 is 2.79 bits per heavy atom. The number of aryl methyl sites for hydroxylation is 1. The van der Waals surface area contributed by atoms with Crippen molar-refractivity contribution in [2.75, 3.05) is 6.54 Å². The molecule has 0 spiro atoms. The second-order valence-electron chi connectivity index (χ2n) is 3.42. The molecular formula is C11H16FNS. The summed E-state index contributed by atoms with van der Waals surface area (Å²) < 4.78 is 13.0. The molecule has 0 fully saturated rings. The molecule has 1 unspecified atom stereocenters. The number of benzene rings is 1. The third kappa shape index (κ3) is 3.31. The summed E-state index contributed by atoms with van der Waals surface area (Å²) in [6.45, 7) is 4.62. The van der Waals surface area contributed by atoms with E-state index in [0.717, 1.165) is 11.3 Å². The van der Waals surface area contributed by atoms with Gasteiger partial charge < -0.3 is 5.73 Å². The van der Waals surface area contributed by atoms with Gasteiger partial charge in [0.15, 0.2) is 0 Å². The summed E-state index contributed by atoms with van der Waals surface area (Å²) in [7, 11) is 0. The van der Waals surface area contributed by atoms with Gasteiger partial charge in [-0.3, -0.25) is 0 Å². The molecular weight excluding hydrogens is 197 g/mol. The zero-order valence-electron chi connectivity index (χ0n) is 8.59. The van der Waals surface area contributed by atoms with Crippen LogP contribution in [0.4, 0.5) is 4.39 Å². The Morgan fingerprint density at radius 2 is 2.21 bits per heavy atom. The predicted molar refractivity (Wildman–Crippen MR) is 60.1 cm³/mol. The Balaban J connectivity index is 2.63. The fourth-order valence-corrected chi connectivity index (χ4v) is 2.33.